The van der Waals surface area contributed by atoms with Crippen molar-refractivity contribution in [1.29, 1.82) is 0 Å². The summed E-state index contributed by atoms with van der Waals surface area (Å²) in [7, 11) is 0. The van der Waals surface area contributed by atoms with E-state index >= 15 is 0 Å². The molecule has 5 nitrogen and oxygen atoms in total. The molecule has 0 aliphatic rings. The van der Waals surface area contributed by atoms with Crippen LogP contribution < -0.4 is 10.6 Å². The maximum Gasteiger partial charge on any atom is 0.251 e. The predicted molar refractivity (Wildman–Crippen MR) is 99.5 cm³/mol. The van der Waals surface area contributed by atoms with Crippen molar-refractivity contribution in [3.8, 4) is 11.1 Å². The topological polar surface area (TPSA) is 71.1 Å². The summed E-state index contributed by atoms with van der Waals surface area (Å²) >= 11 is 1.64. The third kappa shape index (κ3) is 4.51. The molecule has 2 heterocycles. The lowest BCUT2D eigenvalue weighted by Gasteiger charge is -2.07. The van der Waals surface area contributed by atoms with Gasteiger partial charge in [0, 0.05) is 42.7 Å². The molecule has 2 aromatic heterocycles. The summed E-state index contributed by atoms with van der Waals surface area (Å²) in [5, 5.41) is 9.64. The lowest BCUT2D eigenvalue weighted by molar-refractivity contribution is -0.114. The molecule has 2 amide bonds. The predicted octanol–water partition coefficient (Wildman–Crippen LogP) is 3.70. The zero-order valence-corrected chi connectivity index (χ0v) is 14.5. The Balaban J connectivity index is 1.62. The number of thiophene rings is 1. The van der Waals surface area contributed by atoms with Gasteiger partial charge in [-0.05, 0) is 58.3 Å². The van der Waals surface area contributed by atoms with Gasteiger partial charge in [-0.1, -0.05) is 0 Å². The highest BCUT2D eigenvalue weighted by molar-refractivity contribution is 7.08. The number of nitrogens with one attached hydrogen (secondary N) is 2. The Kier molecular flexibility index (Phi) is 5.20. The number of carbonyl (C=O) groups is 2. The molecular weight excluding hydrogens is 334 g/mol. The molecule has 3 rings (SSSR count). The molecule has 0 radical (unpaired) electrons. The van der Waals surface area contributed by atoms with Crippen LogP contribution >= 0.6 is 11.3 Å². The van der Waals surface area contributed by atoms with Gasteiger partial charge in [-0.2, -0.15) is 11.3 Å². The van der Waals surface area contributed by atoms with Crippen LogP contribution in [0.3, 0.4) is 0 Å². The minimum atomic E-state index is -0.171. The first-order chi connectivity index (χ1) is 12.1. The summed E-state index contributed by atoms with van der Waals surface area (Å²) in [5.41, 5.74) is 4.30. The average Bonchev–Trinajstić information content (AvgIpc) is 3.15. The molecule has 0 saturated carbocycles. The third-order valence-electron chi connectivity index (χ3n) is 3.57. The molecule has 126 valence electrons. The lowest BCUT2D eigenvalue weighted by atomic mass is 10.1. The zero-order valence-electron chi connectivity index (χ0n) is 13.7. The van der Waals surface area contributed by atoms with E-state index < -0.39 is 0 Å². The van der Waals surface area contributed by atoms with Crippen molar-refractivity contribution in [2.45, 2.75) is 13.5 Å². The summed E-state index contributed by atoms with van der Waals surface area (Å²) < 4.78 is 0. The van der Waals surface area contributed by atoms with Crippen molar-refractivity contribution in [1.82, 2.24) is 10.3 Å². The summed E-state index contributed by atoms with van der Waals surface area (Å²) in [4.78, 5) is 27.5. The fourth-order valence-corrected chi connectivity index (χ4v) is 3.03. The van der Waals surface area contributed by atoms with E-state index in [2.05, 4.69) is 21.0 Å². The fourth-order valence-electron chi connectivity index (χ4n) is 2.36. The number of anilines is 1. The zero-order chi connectivity index (χ0) is 17.6. The third-order valence-corrected chi connectivity index (χ3v) is 4.25. The largest absolute Gasteiger partial charge is 0.348 e. The van der Waals surface area contributed by atoms with Crippen molar-refractivity contribution in [3.63, 3.8) is 0 Å². The number of nitrogens with zero attached hydrogens (tertiary/aromatic N) is 1. The van der Waals surface area contributed by atoms with E-state index in [-0.39, 0.29) is 11.8 Å². The van der Waals surface area contributed by atoms with E-state index in [1.807, 2.05) is 23.7 Å². The van der Waals surface area contributed by atoms with Gasteiger partial charge in [0.25, 0.3) is 5.91 Å². The molecule has 0 fully saturated rings. The molecule has 2 N–H and O–H groups in total. The molecule has 1 aromatic carbocycles. The minimum Gasteiger partial charge on any atom is -0.348 e. The first-order valence-corrected chi connectivity index (χ1v) is 8.68. The van der Waals surface area contributed by atoms with Gasteiger partial charge < -0.3 is 10.6 Å². The Morgan fingerprint density at radius 3 is 2.56 bits per heavy atom. The monoisotopic (exact) mass is 351 g/mol. The lowest BCUT2D eigenvalue weighted by Crippen LogP contribution is -2.22. The quantitative estimate of drug-likeness (QED) is 0.736. The van der Waals surface area contributed by atoms with Crippen molar-refractivity contribution in [2.24, 2.45) is 0 Å². The number of pyridine rings is 1. The van der Waals surface area contributed by atoms with E-state index in [9.17, 15) is 9.59 Å². The number of benzene rings is 1. The van der Waals surface area contributed by atoms with Gasteiger partial charge in [-0.25, -0.2) is 0 Å². The number of aromatic nitrogens is 1. The number of carbonyl (C=O) groups excluding carboxylic acids is 2. The molecular formula is C19H17N3O2S. The number of rotatable bonds is 5. The Labute approximate surface area is 149 Å². The highest BCUT2D eigenvalue weighted by Crippen LogP contribution is 2.22. The van der Waals surface area contributed by atoms with Crippen LogP contribution in [0.1, 0.15) is 22.8 Å². The summed E-state index contributed by atoms with van der Waals surface area (Å²) in [6, 6.07) is 10.8. The van der Waals surface area contributed by atoms with E-state index in [0.717, 1.165) is 16.7 Å². The summed E-state index contributed by atoms with van der Waals surface area (Å²) in [6.45, 7) is 1.84. The van der Waals surface area contributed by atoms with Gasteiger partial charge in [0.1, 0.15) is 0 Å². The smallest absolute Gasteiger partial charge is 0.251 e. The first-order valence-electron chi connectivity index (χ1n) is 7.74. The van der Waals surface area contributed by atoms with E-state index in [1.165, 1.54) is 6.92 Å². The number of hydrogen-bond acceptors (Lipinski definition) is 4. The van der Waals surface area contributed by atoms with Gasteiger partial charge in [0.2, 0.25) is 5.91 Å². The van der Waals surface area contributed by atoms with Crippen molar-refractivity contribution >= 4 is 28.8 Å². The summed E-state index contributed by atoms with van der Waals surface area (Å²) in [6.07, 6.45) is 3.56. The molecule has 0 aliphatic heterocycles. The van der Waals surface area contributed by atoms with E-state index in [0.29, 0.717) is 17.8 Å². The highest BCUT2D eigenvalue weighted by Gasteiger charge is 2.07. The standard InChI is InChI=1S/C19H17N3O2S/c1-13(23)22-18-4-2-15(3-5-18)19(24)21-10-14-8-17(11-20-9-14)16-6-7-25-12-16/h2-9,11-12H,10H2,1H3,(H,21,24)(H,22,23). The molecule has 0 aliphatic carbocycles. The van der Waals surface area contributed by atoms with Crippen LogP contribution in [0.15, 0.2) is 59.6 Å². The fraction of sp³-hybridized carbons (Fsp3) is 0.105. The molecule has 25 heavy (non-hydrogen) atoms. The Hall–Kier alpha value is -2.99. The van der Waals surface area contributed by atoms with Gasteiger partial charge >= 0.3 is 0 Å². The number of amides is 2. The van der Waals surface area contributed by atoms with Gasteiger partial charge in [-0.3, -0.25) is 14.6 Å². The normalized spacial score (nSPS) is 10.3. The minimum absolute atomic E-state index is 0.143. The first kappa shape index (κ1) is 16.9. The molecule has 0 unspecified atom stereocenters. The van der Waals surface area contributed by atoms with Crippen LogP contribution in [0.4, 0.5) is 5.69 Å². The van der Waals surface area contributed by atoms with Crippen LogP contribution in [0, 0.1) is 0 Å². The van der Waals surface area contributed by atoms with Gasteiger partial charge in [0.15, 0.2) is 0 Å². The van der Waals surface area contributed by atoms with Gasteiger partial charge in [0.05, 0.1) is 0 Å². The molecule has 0 atom stereocenters. The maximum atomic E-state index is 12.2. The molecule has 3 aromatic rings. The Bertz CT molecular complexity index is 874. The number of hydrogen-bond donors (Lipinski definition) is 2. The Morgan fingerprint density at radius 2 is 1.88 bits per heavy atom. The van der Waals surface area contributed by atoms with Crippen molar-refractivity contribution in [3.05, 3.63) is 70.7 Å². The van der Waals surface area contributed by atoms with Crippen LogP contribution in [0.25, 0.3) is 11.1 Å². The molecule has 0 bridgehead atoms. The van der Waals surface area contributed by atoms with Crippen molar-refractivity contribution < 1.29 is 9.59 Å². The van der Waals surface area contributed by atoms with Crippen molar-refractivity contribution in [2.75, 3.05) is 5.32 Å². The maximum absolute atomic E-state index is 12.2. The van der Waals surface area contributed by atoms with Crippen LogP contribution in [0.5, 0.6) is 0 Å². The van der Waals surface area contributed by atoms with Gasteiger partial charge in [-0.15, -0.1) is 0 Å². The molecule has 6 heteroatoms. The SMILES string of the molecule is CC(=O)Nc1ccc(C(=O)NCc2cncc(-c3ccsc3)c2)cc1. The van der Waals surface area contributed by atoms with E-state index in [4.69, 9.17) is 0 Å². The van der Waals surface area contributed by atoms with Crippen LogP contribution in [-0.2, 0) is 11.3 Å². The second kappa shape index (κ2) is 7.72. The Morgan fingerprint density at radius 1 is 1.08 bits per heavy atom. The van der Waals surface area contributed by atoms with Crippen LogP contribution in [0.2, 0.25) is 0 Å². The average molecular weight is 351 g/mol. The second-order valence-electron chi connectivity index (χ2n) is 5.54. The van der Waals surface area contributed by atoms with Crippen LogP contribution in [-0.4, -0.2) is 16.8 Å². The van der Waals surface area contributed by atoms with E-state index in [1.54, 1.807) is 41.8 Å². The highest BCUT2D eigenvalue weighted by atomic mass is 32.1. The molecule has 0 spiro atoms. The summed E-state index contributed by atoms with van der Waals surface area (Å²) in [5.74, 6) is -0.314. The second-order valence-corrected chi connectivity index (χ2v) is 6.32. The molecule has 0 saturated heterocycles.